The number of ketones is 1. The third kappa shape index (κ3) is 5.08. The van der Waals surface area contributed by atoms with Crippen molar-refractivity contribution in [3.05, 3.63) is 83.3 Å². The summed E-state index contributed by atoms with van der Waals surface area (Å²) < 4.78 is 21.0. The highest BCUT2D eigenvalue weighted by molar-refractivity contribution is 6.06. The van der Waals surface area contributed by atoms with E-state index in [0.29, 0.717) is 22.8 Å². The number of benzene rings is 2. The lowest BCUT2D eigenvalue weighted by atomic mass is 10.1. The predicted octanol–water partition coefficient (Wildman–Crippen LogP) is 4.26. The van der Waals surface area contributed by atoms with Crippen molar-refractivity contribution in [2.75, 3.05) is 14.2 Å². The van der Waals surface area contributed by atoms with Crippen molar-refractivity contribution < 1.29 is 33.3 Å². The zero-order valence-electron chi connectivity index (χ0n) is 16.5. The third-order valence-electron chi connectivity index (χ3n) is 4.18. The lowest BCUT2D eigenvalue weighted by Gasteiger charge is -2.10. The van der Waals surface area contributed by atoms with Crippen LogP contribution in [0.1, 0.15) is 32.2 Å². The van der Waals surface area contributed by atoms with Gasteiger partial charge in [0.15, 0.2) is 17.3 Å². The zero-order chi connectivity index (χ0) is 21.5. The molecular weight excluding hydrogens is 388 g/mol. The lowest BCUT2D eigenvalue weighted by molar-refractivity contribution is 0.0560. The van der Waals surface area contributed by atoms with Gasteiger partial charge in [0.2, 0.25) is 5.76 Å². The quantitative estimate of drug-likeness (QED) is 0.338. The minimum Gasteiger partial charge on any atom is -0.508 e. The maximum atomic E-state index is 12.2. The molecule has 0 bridgehead atoms. The fourth-order valence-electron chi connectivity index (χ4n) is 2.62. The summed E-state index contributed by atoms with van der Waals surface area (Å²) in [5.41, 5.74) is 1.22. The molecule has 0 aliphatic heterocycles. The molecular formula is C23H20O7. The van der Waals surface area contributed by atoms with Gasteiger partial charge in [-0.1, -0.05) is 12.1 Å². The SMILES string of the molecule is COC(=O)c1ccc(COc2ccc(/C=C/C(=O)c3ccc(O)cc3)cc2OC)o1. The second-order valence-corrected chi connectivity index (χ2v) is 6.20. The summed E-state index contributed by atoms with van der Waals surface area (Å²) in [6.45, 7) is 0.0991. The largest absolute Gasteiger partial charge is 0.508 e. The van der Waals surface area contributed by atoms with E-state index < -0.39 is 5.97 Å². The molecule has 0 saturated heterocycles. The van der Waals surface area contributed by atoms with Gasteiger partial charge in [0.1, 0.15) is 18.1 Å². The van der Waals surface area contributed by atoms with Gasteiger partial charge in [-0.05, 0) is 60.2 Å². The highest BCUT2D eigenvalue weighted by Gasteiger charge is 2.12. The molecule has 0 amide bonds. The summed E-state index contributed by atoms with van der Waals surface area (Å²) in [6, 6.07) is 14.4. The van der Waals surface area contributed by atoms with Crippen LogP contribution in [0.5, 0.6) is 17.2 Å². The smallest absolute Gasteiger partial charge is 0.373 e. The van der Waals surface area contributed by atoms with Crippen molar-refractivity contribution >= 4 is 17.8 Å². The van der Waals surface area contributed by atoms with Crippen molar-refractivity contribution in [2.45, 2.75) is 6.61 Å². The van der Waals surface area contributed by atoms with Gasteiger partial charge in [0.25, 0.3) is 0 Å². The molecule has 0 unspecified atom stereocenters. The van der Waals surface area contributed by atoms with E-state index in [9.17, 15) is 14.7 Å². The van der Waals surface area contributed by atoms with E-state index >= 15 is 0 Å². The van der Waals surface area contributed by atoms with E-state index in [4.69, 9.17) is 13.9 Å². The number of rotatable bonds is 8. The van der Waals surface area contributed by atoms with E-state index in [1.165, 1.54) is 38.5 Å². The molecule has 0 fully saturated rings. The van der Waals surface area contributed by atoms with E-state index in [-0.39, 0.29) is 23.9 Å². The van der Waals surface area contributed by atoms with Crippen LogP contribution in [0.25, 0.3) is 6.08 Å². The number of allylic oxidation sites excluding steroid dienone is 1. The Labute approximate surface area is 173 Å². The van der Waals surface area contributed by atoms with Gasteiger partial charge in [-0.25, -0.2) is 4.79 Å². The van der Waals surface area contributed by atoms with Crippen molar-refractivity contribution in [3.63, 3.8) is 0 Å². The Bertz CT molecular complexity index is 1060. The molecule has 1 heterocycles. The van der Waals surface area contributed by atoms with E-state index in [2.05, 4.69) is 4.74 Å². The minimum atomic E-state index is -0.558. The summed E-state index contributed by atoms with van der Waals surface area (Å²) in [5.74, 6) is 0.879. The standard InChI is InChI=1S/C23H20O7/c1-27-22-13-15(3-10-19(25)16-5-7-17(24)8-6-16)4-11-20(22)29-14-18-9-12-21(30-18)23(26)28-2/h3-13,24H,14H2,1-2H3/b10-3+. The van der Waals surface area contributed by atoms with Crippen LogP contribution in [0.2, 0.25) is 0 Å². The topological polar surface area (TPSA) is 95.2 Å². The molecule has 0 aliphatic carbocycles. The molecule has 7 heteroatoms. The number of phenolic OH excluding ortho intramolecular Hbond substituents is 1. The van der Waals surface area contributed by atoms with Gasteiger partial charge in [0.05, 0.1) is 14.2 Å². The fourth-order valence-corrected chi connectivity index (χ4v) is 2.62. The molecule has 0 aliphatic rings. The Kier molecular flexibility index (Phi) is 6.54. The number of hydrogen-bond acceptors (Lipinski definition) is 7. The van der Waals surface area contributed by atoms with Crippen molar-refractivity contribution in [1.29, 1.82) is 0 Å². The monoisotopic (exact) mass is 408 g/mol. The van der Waals surface area contributed by atoms with Crippen molar-refractivity contribution in [1.82, 2.24) is 0 Å². The van der Waals surface area contributed by atoms with Crippen LogP contribution in [0.15, 0.2) is 65.1 Å². The van der Waals surface area contributed by atoms with Gasteiger partial charge < -0.3 is 23.7 Å². The third-order valence-corrected chi connectivity index (χ3v) is 4.18. The first-order chi connectivity index (χ1) is 14.5. The van der Waals surface area contributed by atoms with E-state index in [0.717, 1.165) is 5.56 Å². The van der Waals surface area contributed by atoms with E-state index in [1.54, 1.807) is 42.5 Å². The number of methoxy groups -OCH3 is 2. The average Bonchev–Trinajstić information content (AvgIpc) is 3.25. The predicted molar refractivity (Wildman–Crippen MR) is 109 cm³/mol. The second kappa shape index (κ2) is 9.47. The normalized spacial score (nSPS) is 10.7. The molecule has 30 heavy (non-hydrogen) atoms. The number of phenols is 1. The van der Waals surface area contributed by atoms with Crippen LogP contribution in [0, 0.1) is 0 Å². The zero-order valence-corrected chi connectivity index (χ0v) is 16.5. The highest BCUT2D eigenvalue weighted by atomic mass is 16.5. The number of carbonyl (C=O) groups is 2. The van der Waals surface area contributed by atoms with Gasteiger partial charge in [-0.3, -0.25) is 4.79 Å². The van der Waals surface area contributed by atoms with Crippen molar-refractivity contribution in [2.24, 2.45) is 0 Å². The molecule has 3 aromatic rings. The fraction of sp³-hybridized carbons (Fsp3) is 0.130. The maximum absolute atomic E-state index is 12.2. The molecule has 7 nitrogen and oxygen atoms in total. The number of esters is 1. The first-order valence-corrected chi connectivity index (χ1v) is 8.99. The number of ether oxygens (including phenoxy) is 3. The average molecular weight is 408 g/mol. The van der Waals surface area contributed by atoms with Crippen molar-refractivity contribution in [3.8, 4) is 17.2 Å². The van der Waals surface area contributed by atoms with Gasteiger partial charge in [-0.2, -0.15) is 0 Å². The molecule has 2 aromatic carbocycles. The summed E-state index contributed by atoms with van der Waals surface area (Å²) in [7, 11) is 2.79. The molecule has 1 aromatic heterocycles. The molecule has 0 radical (unpaired) electrons. The highest BCUT2D eigenvalue weighted by Crippen LogP contribution is 2.29. The van der Waals surface area contributed by atoms with Gasteiger partial charge in [-0.15, -0.1) is 0 Å². The van der Waals surface area contributed by atoms with Crippen LogP contribution in [0.4, 0.5) is 0 Å². The Hall–Kier alpha value is -4.00. The summed E-state index contributed by atoms with van der Waals surface area (Å²) >= 11 is 0. The first-order valence-electron chi connectivity index (χ1n) is 8.99. The van der Waals surface area contributed by atoms with E-state index in [1.807, 2.05) is 0 Å². The van der Waals surface area contributed by atoms with Crippen LogP contribution in [-0.4, -0.2) is 31.1 Å². The maximum Gasteiger partial charge on any atom is 0.373 e. The number of furan rings is 1. The lowest BCUT2D eigenvalue weighted by Crippen LogP contribution is -1.99. The Morgan fingerprint density at radius 1 is 1.00 bits per heavy atom. The number of aromatic hydroxyl groups is 1. The van der Waals surface area contributed by atoms with Gasteiger partial charge in [0, 0.05) is 5.56 Å². The van der Waals surface area contributed by atoms with Gasteiger partial charge >= 0.3 is 5.97 Å². The van der Waals surface area contributed by atoms with Crippen LogP contribution < -0.4 is 9.47 Å². The van der Waals surface area contributed by atoms with Crippen LogP contribution in [0.3, 0.4) is 0 Å². The number of hydrogen-bond donors (Lipinski definition) is 1. The first kappa shape index (κ1) is 20.7. The van der Waals surface area contributed by atoms with Crippen LogP contribution >= 0.6 is 0 Å². The molecule has 0 saturated carbocycles. The second-order valence-electron chi connectivity index (χ2n) is 6.20. The molecule has 3 rings (SSSR count). The Balaban J connectivity index is 1.67. The summed E-state index contributed by atoms with van der Waals surface area (Å²) in [5, 5.41) is 9.30. The Morgan fingerprint density at radius 2 is 1.77 bits per heavy atom. The summed E-state index contributed by atoms with van der Waals surface area (Å²) in [6.07, 6.45) is 3.11. The molecule has 1 N–H and O–H groups in total. The minimum absolute atomic E-state index is 0.0989. The van der Waals surface area contributed by atoms with Crippen LogP contribution in [-0.2, 0) is 11.3 Å². The molecule has 0 spiro atoms. The Morgan fingerprint density at radius 3 is 2.47 bits per heavy atom. The summed E-state index contributed by atoms with van der Waals surface area (Å²) in [4.78, 5) is 23.6. The molecule has 0 atom stereocenters. The molecule has 154 valence electrons. The number of carbonyl (C=O) groups excluding carboxylic acids is 2.